The van der Waals surface area contributed by atoms with Crippen molar-refractivity contribution < 1.29 is 18.7 Å². The van der Waals surface area contributed by atoms with Gasteiger partial charge in [-0.1, -0.05) is 12.7 Å². The number of halogens is 2. The van der Waals surface area contributed by atoms with E-state index in [-0.39, 0.29) is 22.7 Å². The Kier molecular flexibility index (Phi) is 3.93. The summed E-state index contributed by atoms with van der Waals surface area (Å²) >= 11 is 0. The third kappa shape index (κ3) is 2.62. The van der Waals surface area contributed by atoms with E-state index in [1.54, 1.807) is 9.47 Å². The van der Waals surface area contributed by atoms with Crippen molar-refractivity contribution in [2.24, 2.45) is 11.1 Å². The van der Waals surface area contributed by atoms with Gasteiger partial charge >= 0.3 is 5.97 Å². The summed E-state index contributed by atoms with van der Waals surface area (Å²) in [5.74, 6) is -2.00. The summed E-state index contributed by atoms with van der Waals surface area (Å²) < 4.78 is 30.9. The Bertz CT molecular complexity index is 1160. The van der Waals surface area contributed by atoms with E-state index in [2.05, 4.69) is 6.58 Å². The summed E-state index contributed by atoms with van der Waals surface area (Å²) in [4.78, 5) is 26.1. The molecule has 2 aliphatic carbocycles. The van der Waals surface area contributed by atoms with Crippen molar-refractivity contribution in [2.45, 2.75) is 37.3 Å². The van der Waals surface area contributed by atoms with Crippen molar-refractivity contribution in [3.63, 3.8) is 0 Å². The van der Waals surface area contributed by atoms with E-state index in [0.29, 0.717) is 37.0 Å². The molecular formula is C22H23F2N3O3. The molecule has 8 heteroatoms. The lowest BCUT2D eigenvalue weighted by Gasteiger charge is -2.61. The van der Waals surface area contributed by atoms with E-state index < -0.39 is 34.8 Å². The number of anilines is 1. The number of alkyl halides is 1. The average molecular weight is 415 g/mol. The van der Waals surface area contributed by atoms with Crippen LogP contribution in [0, 0.1) is 11.2 Å². The number of carboxylic acid groups (broad SMARTS) is 1. The van der Waals surface area contributed by atoms with Gasteiger partial charge in [0, 0.05) is 41.8 Å². The molecule has 3 N–H and O–H groups in total. The van der Waals surface area contributed by atoms with Crippen LogP contribution in [0.15, 0.2) is 23.6 Å². The van der Waals surface area contributed by atoms with Crippen LogP contribution in [-0.4, -0.2) is 40.9 Å². The molecule has 6 nitrogen and oxygen atoms in total. The Morgan fingerprint density at radius 2 is 2.07 bits per heavy atom. The molecule has 3 heterocycles. The van der Waals surface area contributed by atoms with E-state index in [1.165, 1.54) is 12.3 Å². The normalized spacial score (nSPS) is 27.8. The minimum absolute atomic E-state index is 0.0165. The molecule has 0 atom stereocenters. The summed E-state index contributed by atoms with van der Waals surface area (Å²) in [5.41, 5.74) is 5.28. The molecule has 1 aromatic carbocycles. The van der Waals surface area contributed by atoms with E-state index in [9.17, 15) is 19.1 Å². The smallest absolute Gasteiger partial charge is 0.341 e. The fraction of sp³-hybridized carbons (Fsp3) is 0.455. The molecule has 158 valence electrons. The molecule has 2 aromatic rings. The monoisotopic (exact) mass is 415 g/mol. The van der Waals surface area contributed by atoms with Crippen LogP contribution < -0.4 is 16.1 Å². The number of rotatable bonds is 5. The molecule has 0 radical (unpaired) electrons. The minimum Gasteiger partial charge on any atom is -0.477 e. The lowest BCUT2D eigenvalue weighted by Crippen LogP contribution is -2.72. The van der Waals surface area contributed by atoms with Gasteiger partial charge in [-0.2, -0.15) is 0 Å². The number of nitrogens with zero attached hydrogens (tertiary/aromatic N) is 2. The first-order valence-corrected chi connectivity index (χ1v) is 10.1. The van der Waals surface area contributed by atoms with E-state index in [0.717, 1.165) is 18.9 Å². The number of aromatic nitrogens is 1. The molecule has 30 heavy (non-hydrogen) atoms. The van der Waals surface area contributed by atoms with E-state index >= 15 is 4.39 Å². The van der Waals surface area contributed by atoms with Crippen molar-refractivity contribution in [1.82, 2.24) is 4.57 Å². The molecule has 0 amide bonds. The van der Waals surface area contributed by atoms with Crippen LogP contribution in [-0.2, 0) is 0 Å². The summed E-state index contributed by atoms with van der Waals surface area (Å²) in [5, 5.41) is 9.46. The Morgan fingerprint density at radius 3 is 2.63 bits per heavy atom. The maximum Gasteiger partial charge on any atom is 0.341 e. The SMILES string of the molecule is C=Cc1c(N2CC3(N)CC(CF)(C2)C3)c(F)cc2c(=O)c(C(=O)O)cn(C3CC3)c12. The van der Waals surface area contributed by atoms with Gasteiger partial charge in [0.1, 0.15) is 11.4 Å². The highest BCUT2D eigenvalue weighted by Crippen LogP contribution is 2.54. The molecule has 2 saturated carbocycles. The molecule has 4 aliphatic rings. The van der Waals surface area contributed by atoms with Crippen LogP contribution in [0.2, 0.25) is 0 Å². The first kappa shape index (κ1) is 19.2. The molecule has 0 unspecified atom stereocenters. The zero-order valence-electron chi connectivity index (χ0n) is 16.5. The average Bonchev–Trinajstić information content (AvgIpc) is 3.51. The number of carbonyl (C=O) groups is 1. The number of hydrogen-bond donors (Lipinski definition) is 2. The second-order valence-electron chi connectivity index (χ2n) is 9.24. The van der Waals surface area contributed by atoms with Crippen molar-refractivity contribution in [3.05, 3.63) is 46.0 Å². The Balaban J connectivity index is 1.77. The predicted molar refractivity (Wildman–Crippen MR) is 110 cm³/mol. The molecule has 4 fully saturated rings. The number of nitrogens with two attached hydrogens (primary N) is 1. The fourth-order valence-corrected chi connectivity index (χ4v) is 5.62. The fourth-order valence-electron chi connectivity index (χ4n) is 5.62. The topological polar surface area (TPSA) is 88.6 Å². The van der Waals surface area contributed by atoms with Gasteiger partial charge in [-0.3, -0.25) is 9.18 Å². The number of fused-ring (bicyclic) bond motifs is 3. The zero-order valence-corrected chi connectivity index (χ0v) is 16.5. The second kappa shape index (κ2) is 6.14. The molecule has 2 saturated heterocycles. The molecule has 6 rings (SSSR count). The van der Waals surface area contributed by atoms with Gasteiger partial charge in [-0.25, -0.2) is 9.18 Å². The van der Waals surface area contributed by atoms with Crippen LogP contribution in [0.25, 0.3) is 17.0 Å². The molecular weight excluding hydrogens is 392 g/mol. The van der Waals surface area contributed by atoms with E-state index in [4.69, 9.17) is 5.73 Å². The standard InChI is InChI=1S/C22H23F2N3O3/c1-2-13-17-14(19(28)15(20(29)30)6-27(17)12-3-4-12)5-16(24)18(13)26-10-21(9-23)7-22(25,8-21)11-26/h2,5-6,12H,1,3-4,7-11,25H2,(H,29,30). The second-order valence-corrected chi connectivity index (χ2v) is 9.24. The highest BCUT2D eigenvalue weighted by molar-refractivity contribution is 5.98. The molecule has 2 bridgehead atoms. The molecule has 0 spiro atoms. The quantitative estimate of drug-likeness (QED) is 0.784. The van der Waals surface area contributed by atoms with Gasteiger partial charge in [0.05, 0.1) is 23.3 Å². The summed E-state index contributed by atoms with van der Waals surface area (Å²) in [6.07, 6.45) is 5.67. The van der Waals surface area contributed by atoms with Crippen LogP contribution in [0.5, 0.6) is 0 Å². The van der Waals surface area contributed by atoms with Crippen molar-refractivity contribution in [2.75, 3.05) is 24.7 Å². The van der Waals surface area contributed by atoms with Gasteiger partial charge in [0.2, 0.25) is 5.43 Å². The Morgan fingerprint density at radius 1 is 1.37 bits per heavy atom. The zero-order chi connectivity index (χ0) is 21.4. The number of pyridine rings is 1. The molecule has 2 aliphatic heterocycles. The number of benzene rings is 1. The van der Waals surface area contributed by atoms with Gasteiger partial charge in [0.15, 0.2) is 0 Å². The number of hydrogen-bond acceptors (Lipinski definition) is 4. The maximum absolute atomic E-state index is 15.4. The maximum atomic E-state index is 15.4. The van der Waals surface area contributed by atoms with Gasteiger partial charge < -0.3 is 20.3 Å². The third-order valence-electron chi connectivity index (χ3n) is 6.74. The highest BCUT2D eigenvalue weighted by atomic mass is 19.1. The van der Waals surface area contributed by atoms with Gasteiger partial charge in [-0.15, -0.1) is 0 Å². The van der Waals surface area contributed by atoms with Crippen LogP contribution in [0.1, 0.15) is 47.6 Å². The van der Waals surface area contributed by atoms with Crippen LogP contribution in [0.4, 0.5) is 14.5 Å². The van der Waals surface area contributed by atoms with E-state index in [1.807, 2.05) is 0 Å². The van der Waals surface area contributed by atoms with Crippen molar-refractivity contribution in [1.29, 1.82) is 0 Å². The van der Waals surface area contributed by atoms with Crippen molar-refractivity contribution >= 4 is 28.6 Å². The first-order chi connectivity index (χ1) is 14.2. The summed E-state index contributed by atoms with van der Waals surface area (Å²) in [6, 6.07) is 1.16. The summed E-state index contributed by atoms with van der Waals surface area (Å²) in [7, 11) is 0. The molecule has 1 aromatic heterocycles. The summed E-state index contributed by atoms with van der Waals surface area (Å²) in [6.45, 7) is 4.05. The van der Waals surface area contributed by atoms with Gasteiger partial charge in [-0.05, 0) is 31.7 Å². The largest absolute Gasteiger partial charge is 0.477 e. The van der Waals surface area contributed by atoms with Crippen LogP contribution in [0.3, 0.4) is 0 Å². The highest BCUT2D eigenvalue weighted by Gasteiger charge is 2.58. The van der Waals surface area contributed by atoms with Gasteiger partial charge in [0.25, 0.3) is 0 Å². The number of aromatic carboxylic acids is 1. The predicted octanol–water partition coefficient (Wildman–Crippen LogP) is 3.08. The first-order valence-electron chi connectivity index (χ1n) is 10.1. The lowest BCUT2D eigenvalue weighted by atomic mass is 9.55. The third-order valence-corrected chi connectivity index (χ3v) is 6.74. The Labute approximate surface area is 171 Å². The van der Waals surface area contributed by atoms with Crippen LogP contribution >= 0.6 is 0 Å². The minimum atomic E-state index is -1.34. The number of piperidine rings is 2. The Hall–Kier alpha value is -2.74. The number of carboxylic acids is 1. The lowest BCUT2D eigenvalue weighted by molar-refractivity contribution is -0.0147. The van der Waals surface area contributed by atoms with Crippen molar-refractivity contribution in [3.8, 4) is 0 Å².